The lowest BCUT2D eigenvalue weighted by Crippen LogP contribution is -2.03. The van der Waals surface area contributed by atoms with E-state index in [0.717, 1.165) is 24.2 Å². The van der Waals surface area contributed by atoms with E-state index in [0.29, 0.717) is 0 Å². The molecular weight excluding hydrogens is 208 g/mol. The van der Waals surface area contributed by atoms with Crippen LogP contribution in [0.3, 0.4) is 0 Å². The number of ether oxygens (including phenoxy) is 1. The summed E-state index contributed by atoms with van der Waals surface area (Å²) in [6, 6.07) is 10.0. The monoisotopic (exact) mass is 233 g/mol. The van der Waals surface area contributed by atoms with Crippen molar-refractivity contribution in [1.82, 2.24) is 0 Å². The molecule has 0 fully saturated rings. The van der Waals surface area contributed by atoms with E-state index in [9.17, 15) is 0 Å². The molecule has 0 spiro atoms. The topological polar surface area (TPSA) is 9.23 Å². The molecule has 95 valence electrons. The second kappa shape index (κ2) is 8.16. The lowest BCUT2D eigenvalue weighted by molar-refractivity contribution is 0.305. The van der Waals surface area contributed by atoms with Crippen molar-refractivity contribution in [2.45, 2.75) is 52.9 Å². The first kappa shape index (κ1) is 14.1. The van der Waals surface area contributed by atoms with Crippen molar-refractivity contribution in [3.63, 3.8) is 0 Å². The third-order valence-corrected chi connectivity index (χ3v) is 3.04. The molecule has 1 unspecified atom stereocenters. The molecule has 1 nitrogen and oxygen atoms in total. The fourth-order valence-electron chi connectivity index (χ4n) is 2.08. The maximum atomic E-state index is 5.77. The maximum Gasteiger partial charge on any atom is 0.145 e. The van der Waals surface area contributed by atoms with E-state index < -0.39 is 0 Å². The summed E-state index contributed by atoms with van der Waals surface area (Å²) in [4.78, 5) is 0. The molecule has 1 heteroatoms. The predicted molar refractivity (Wildman–Crippen MR) is 73.9 cm³/mol. The normalized spacial score (nSPS) is 12.7. The van der Waals surface area contributed by atoms with Crippen LogP contribution in [-0.4, -0.2) is 0 Å². The first-order valence-electron chi connectivity index (χ1n) is 6.77. The van der Waals surface area contributed by atoms with E-state index in [1.165, 1.54) is 25.7 Å². The summed E-state index contributed by atoms with van der Waals surface area (Å²) in [5.74, 6) is 1.80. The zero-order chi connectivity index (χ0) is 12.5. The van der Waals surface area contributed by atoms with Crippen LogP contribution in [0, 0.1) is 12.0 Å². The Morgan fingerprint density at radius 2 is 1.88 bits per heavy atom. The minimum atomic E-state index is 0.851. The van der Waals surface area contributed by atoms with Crippen molar-refractivity contribution in [2.24, 2.45) is 5.92 Å². The molecular formula is C16H25O. The minimum Gasteiger partial charge on any atom is -0.483 e. The van der Waals surface area contributed by atoms with Gasteiger partial charge < -0.3 is 4.74 Å². The van der Waals surface area contributed by atoms with Crippen LogP contribution >= 0.6 is 0 Å². The molecule has 1 rings (SSSR count). The molecule has 0 aromatic heterocycles. The Labute approximate surface area is 106 Å². The summed E-state index contributed by atoms with van der Waals surface area (Å²) in [7, 11) is 0. The van der Waals surface area contributed by atoms with Gasteiger partial charge in [-0.1, -0.05) is 51.3 Å². The lowest BCUT2D eigenvalue weighted by Gasteiger charge is -2.14. The predicted octanol–water partition coefficient (Wildman–Crippen LogP) is 5.22. The number of rotatable bonds is 8. The van der Waals surface area contributed by atoms with E-state index in [1.54, 1.807) is 0 Å². The number of para-hydroxylation sites is 1. The second-order valence-corrected chi connectivity index (χ2v) is 4.90. The minimum absolute atomic E-state index is 0.851. The van der Waals surface area contributed by atoms with Gasteiger partial charge in [0.05, 0.1) is 0 Å². The Bertz CT molecular complexity index is 281. The standard InChI is InChI=1S/C16H25O/c1-4-9-14(2)10-8-11-15(3)17-16-12-6-5-7-13-16/h5-7,12-14H,4,8-11H2,1-3H3. The van der Waals surface area contributed by atoms with Crippen LogP contribution in [0.2, 0.25) is 0 Å². The van der Waals surface area contributed by atoms with Gasteiger partial charge in [-0.25, -0.2) is 0 Å². The Morgan fingerprint density at radius 3 is 2.53 bits per heavy atom. The molecule has 0 N–H and O–H groups in total. The molecule has 0 aliphatic heterocycles. The first-order valence-corrected chi connectivity index (χ1v) is 6.77. The van der Waals surface area contributed by atoms with Gasteiger partial charge in [0.2, 0.25) is 0 Å². The highest BCUT2D eigenvalue weighted by atomic mass is 16.5. The van der Waals surface area contributed by atoms with Crippen LogP contribution in [0.4, 0.5) is 0 Å². The fraction of sp³-hybridized carbons (Fsp3) is 0.562. The van der Waals surface area contributed by atoms with Crippen LogP contribution in [0.15, 0.2) is 30.3 Å². The van der Waals surface area contributed by atoms with Gasteiger partial charge in [0, 0.05) is 0 Å². The molecule has 0 aliphatic carbocycles. The largest absolute Gasteiger partial charge is 0.483 e. The van der Waals surface area contributed by atoms with Crippen molar-refractivity contribution in [2.75, 3.05) is 0 Å². The van der Waals surface area contributed by atoms with Crippen LogP contribution in [0.1, 0.15) is 52.9 Å². The molecule has 0 saturated carbocycles. The van der Waals surface area contributed by atoms with Gasteiger partial charge in [-0.3, -0.25) is 0 Å². The van der Waals surface area contributed by atoms with E-state index >= 15 is 0 Å². The second-order valence-electron chi connectivity index (χ2n) is 4.90. The average molecular weight is 233 g/mol. The van der Waals surface area contributed by atoms with Gasteiger partial charge in [0.15, 0.2) is 0 Å². The Morgan fingerprint density at radius 1 is 1.18 bits per heavy atom. The van der Waals surface area contributed by atoms with Crippen LogP contribution in [0.25, 0.3) is 0 Å². The molecule has 0 aliphatic rings. The lowest BCUT2D eigenvalue weighted by atomic mass is 9.98. The number of hydrogen-bond acceptors (Lipinski definition) is 1. The smallest absolute Gasteiger partial charge is 0.145 e. The summed E-state index contributed by atoms with van der Waals surface area (Å²) >= 11 is 0. The molecule has 1 atom stereocenters. The van der Waals surface area contributed by atoms with Gasteiger partial charge in [-0.2, -0.15) is 0 Å². The quantitative estimate of drug-likeness (QED) is 0.598. The molecule has 1 radical (unpaired) electrons. The maximum absolute atomic E-state index is 5.77. The highest BCUT2D eigenvalue weighted by Crippen LogP contribution is 2.20. The molecule has 0 saturated heterocycles. The highest BCUT2D eigenvalue weighted by Gasteiger charge is 2.07. The summed E-state index contributed by atoms with van der Waals surface area (Å²) in [6.45, 7) is 6.68. The Balaban J connectivity index is 2.15. The summed E-state index contributed by atoms with van der Waals surface area (Å²) in [5.41, 5.74) is 0. The first-order chi connectivity index (χ1) is 8.22. The van der Waals surface area contributed by atoms with Crippen molar-refractivity contribution in [1.29, 1.82) is 0 Å². The van der Waals surface area contributed by atoms with Gasteiger partial charge in [-0.15, -0.1) is 0 Å². The van der Waals surface area contributed by atoms with Gasteiger partial charge in [-0.05, 0) is 37.8 Å². The van der Waals surface area contributed by atoms with Gasteiger partial charge in [0.25, 0.3) is 0 Å². The van der Waals surface area contributed by atoms with Gasteiger partial charge >= 0.3 is 0 Å². The third kappa shape index (κ3) is 6.35. The van der Waals surface area contributed by atoms with Crippen LogP contribution in [-0.2, 0) is 0 Å². The van der Waals surface area contributed by atoms with Crippen molar-refractivity contribution in [3.05, 3.63) is 36.4 Å². The SMILES string of the molecule is CCCC(C)CCC[C](C)Oc1ccccc1. The van der Waals surface area contributed by atoms with Crippen molar-refractivity contribution < 1.29 is 4.74 Å². The molecule has 0 amide bonds. The van der Waals surface area contributed by atoms with Crippen molar-refractivity contribution >= 4 is 0 Å². The van der Waals surface area contributed by atoms with Crippen molar-refractivity contribution in [3.8, 4) is 5.75 Å². The van der Waals surface area contributed by atoms with E-state index in [2.05, 4.69) is 20.8 Å². The molecule has 0 bridgehead atoms. The summed E-state index contributed by atoms with van der Waals surface area (Å²) < 4.78 is 5.77. The molecule has 1 aromatic rings. The van der Waals surface area contributed by atoms with E-state index in [-0.39, 0.29) is 0 Å². The summed E-state index contributed by atoms with van der Waals surface area (Å²) in [6.07, 6.45) is 7.38. The number of benzene rings is 1. The Hall–Kier alpha value is -0.980. The van der Waals surface area contributed by atoms with Crippen LogP contribution in [0.5, 0.6) is 5.75 Å². The third-order valence-electron chi connectivity index (χ3n) is 3.04. The Kier molecular flexibility index (Phi) is 6.76. The van der Waals surface area contributed by atoms with E-state index in [4.69, 9.17) is 4.74 Å². The summed E-state index contributed by atoms with van der Waals surface area (Å²) in [5, 5.41) is 0. The zero-order valence-electron chi connectivity index (χ0n) is 11.4. The highest BCUT2D eigenvalue weighted by molar-refractivity contribution is 5.22. The molecule has 1 aromatic carbocycles. The molecule has 17 heavy (non-hydrogen) atoms. The fourth-order valence-corrected chi connectivity index (χ4v) is 2.08. The zero-order valence-corrected chi connectivity index (χ0v) is 11.4. The van der Waals surface area contributed by atoms with E-state index in [1.807, 2.05) is 30.3 Å². The van der Waals surface area contributed by atoms with Crippen LogP contribution < -0.4 is 4.74 Å². The number of hydrogen-bond donors (Lipinski definition) is 0. The van der Waals surface area contributed by atoms with Gasteiger partial charge in [0.1, 0.15) is 11.9 Å². The molecule has 0 heterocycles. The average Bonchev–Trinajstić information content (AvgIpc) is 2.30.